The van der Waals surface area contributed by atoms with Gasteiger partial charge in [-0.1, -0.05) is 12.1 Å². The summed E-state index contributed by atoms with van der Waals surface area (Å²) in [4.78, 5) is 25.6. The standard InChI is InChI=1S/C18H13F5N2O2/c19-13-6-5-11(8-14(13)20)25-9-10(7-16(25)26)17(27)24-15-4-2-1-3-12(15)18(21,22)23/h1-6,8,10H,7,9H2,(H,24,27). The van der Waals surface area contributed by atoms with Crippen LogP contribution in [0.15, 0.2) is 42.5 Å². The summed E-state index contributed by atoms with van der Waals surface area (Å²) in [6, 6.07) is 7.36. The van der Waals surface area contributed by atoms with Crippen molar-refractivity contribution in [1.82, 2.24) is 0 Å². The van der Waals surface area contributed by atoms with Gasteiger partial charge in [0.15, 0.2) is 11.6 Å². The minimum absolute atomic E-state index is 0.0740. The lowest BCUT2D eigenvalue weighted by Crippen LogP contribution is -2.28. The lowest BCUT2D eigenvalue weighted by atomic mass is 10.1. The van der Waals surface area contributed by atoms with E-state index in [1.54, 1.807) is 0 Å². The molecule has 0 radical (unpaired) electrons. The Hall–Kier alpha value is -2.97. The molecule has 1 N–H and O–H groups in total. The topological polar surface area (TPSA) is 49.4 Å². The van der Waals surface area contributed by atoms with Gasteiger partial charge in [-0.2, -0.15) is 13.2 Å². The van der Waals surface area contributed by atoms with Gasteiger partial charge in [-0.3, -0.25) is 9.59 Å². The summed E-state index contributed by atoms with van der Waals surface area (Å²) >= 11 is 0. The van der Waals surface area contributed by atoms with E-state index in [2.05, 4.69) is 5.32 Å². The first kappa shape index (κ1) is 18.8. The van der Waals surface area contributed by atoms with E-state index in [0.29, 0.717) is 0 Å². The highest BCUT2D eigenvalue weighted by Crippen LogP contribution is 2.35. The van der Waals surface area contributed by atoms with Crippen molar-refractivity contribution in [3.63, 3.8) is 0 Å². The molecule has 1 fully saturated rings. The molecule has 1 heterocycles. The summed E-state index contributed by atoms with van der Waals surface area (Å²) in [6.07, 6.45) is -4.90. The molecule has 1 saturated heterocycles. The molecule has 4 nitrogen and oxygen atoms in total. The number of nitrogens with one attached hydrogen (secondary N) is 1. The van der Waals surface area contributed by atoms with Gasteiger partial charge in [-0.25, -0.2) is 8.78 Å². The normalized spacial score (nSPS) is 17.3. The van der Waals surface area contributed by atoms with Gasteiger partial charge in [0.25, 0.3) is 0 Å². The van der Waals surface area contributed by atoms with Crippen LogP contribution < -0.4 is 10.2 Å². The highest BCUT2D eigenvalue weighted by Gasteiger charge is 2.37. The largest absolute Gasteiger partial charge is 0.418 e. The smallest absolute Gasteiger partial charge is 0.325 e. The number of carbonyl (C=O) groups is 2. The SMILES string of the molecule is O=C(Nc1ccccc1C(F)(F)F)C1CC(=O)N(c2ccc(F)c(F)c2)C1. The molecule has 1 atom stereocenters. The third-order valence-corrected chi connectivity index (χ3v) is 4.20. The van der Waals surface area contributed by atoms with Crippen molar-refractivity contribution in [2.24, 2.45) is 5.92 Å². The molecule has 3 rings (SSSR count). The molecule has 142 valence electrons. The molecule has 2 aromatic rings. The van der Waals surface area contributed by atoms with Crippen LogP contribution in [0.2, 0.25) is 0 Å². The molecule has 1 unspecified atom stereocenters. The van der Waals surface area contributed by atoms with Crippen molar-refractivity contribution < 1.29 is 31.5 Å². The number of halogens is 5. The Kier molecular flexibility index (Phi) is 4.86. The monoisotopic (exact) mass is 384 g/mol. The second-order valence-electron chi connectivity index (χ2n) is 6.04. The van der Waals surface area contributed by atoms with Crippen LogP contribution in [0.25, 0.3) is 0 Å². The zero-order valence-corrected chi connectivity index (χ0v) is 13.7. The molecule has 1 aliphatic heterocycles. The average Bonchev–Trinajstić information content (AvgIpc) is 2.99. The van der Waals surface area contributed by atoms with Gasteiger partial charge in [0.05, 0.1) is 17.2 Å². The number of rotatable bonds is 3. The first-order valence-electron chi connectivity index (χ1n) is 7.89. The van der Waals surface area contributed by atoms with Crippen LogP contribution in [-0.4, -0.2) is 18.4 Å². The summed E-state index contributed by atoms with van der Waals surface area (Å²) in [5.74, 6) is -4.42. The third kappa shape index (κ3) is 3.91. The molecular weight excluding hydrogens is 371 g/mol. The minimum atomic E-state index is -4.65. The quantitative estimate of drug-likeness (QED) is 0.814. The Morgan fingerprint density at radius 1 is 1.07 bits per heavy atom. The Bertz CT molecular complexity index is 898. The summed E-state index contributed by atoms with van der Waals surface area (Å²) < 4.78 is 65.4. The van der Waals surface area contributed by atoms with Crippen LogP contribution in [0, 0.1) is 17.6 Å². The van der Waals surface area contributed by atoms with Gasteiger partial charge >= 0.3 is 6.18 Å². The predicted molar refractivity (Wildman–Crippen MR) is 86.9 cm³/mol. The number of carbonyl (C=O) groups excluding carboxylic acids is 2. The number of benzene rings is 2. The predicted octanol–water partition coefficient (Wildman–Crippen LogP) is 3.98. The lowest BCUT2D eigenvalue weighted by Gasteiger charge is -2.18. The highest BCUT2D eigenvalue weighted by molar-refractivity contribution is 6.03. The van der Waals surface area contributed by atoms with Crippen molar-refractivity contribution in [3.05, 3.63) is 59.7 Å². The van der Waals surface area contributed by atoms with E-state index in [-0.39, 0.29) is 18.7 Å². The van der Waals surface area contributed by atoms with Gasteiger partial charge in [-0.05, 0) is 24.3 Å². The number of alkyl halides is 3. The van der Waals surface area contributed by atoms with E-state index < -0.39 is 46.8 Å². The molecule has 0 aliphatic carbocycles. The fraction of sp³-hybridized carbons (Fsp3) is 0.222. The molecule has 2 aromatic carbocycles. The first-order valence-corrected chi connectivity index (χ1v) is 7.89. The summed E-state index contributed by atoms with van der Waals surface area (Å²) in [7, 11) is 0. The Morgan fingerprint density at radius 2 is 1.78 bits per heavy atom. The van der Waals surface area contributed by atoms with Gasteiger partial charge in [0.2, 0.25) is 11.8 Å². The van der Waals surface area contributed by atoms with Crippen LogP contribution in [0.4, 0.5) is 33.3 Å². The maximum Gasteiger partial charge on any atom is 0.418 e. The van der Waals surface area contributed by atoms with E-state index in [4.69, 9.17) is 0 Å². The van der Waals surface area contributed by atoms with E-state index in [0.717, 1.165) is 29.2 Å². The zero-order chi connectivity index (χ0) is 19.8. The van der Waals surface area contributed by atoms with E-state index in [9.17, 15) is 31.5 Å². The number of hydrogen-bond donors (Lipinski definition) is 1. The Morgan fingerprint density at radius 3 is 2.44 bits per heavy atom. The number of nitrogens with zero attached hydrogens (tertiary/aromatic N) is 1. The summed E-state index contributed by atoms with van der Waals surface area (Å²) in [5, 5.41) is 2.20. The molecule has 0 spiro atoms. The maximum absolute atomic E-state index is 13.4. The second kappa shape index (κ2) is 6.98. The van der Waals surface area contributed by atoms with Gasteiger partial charge in [0.1, 0.15) is 0 Å². The number of amides is 2. The first-order chi connectivity index (χ1) is 12.7. The van der Waals surface area contributed by atoms with E-state index in [1.807, 2.05) is 0 Å². The molecule has 0 aromatic heterocycles. The Balaban J connectivity index is 1.76. The molecule has 1 aliphatic rings. The molecule has 9 heteroatoms. The summed E-state index contributed by atoms with van der Waals surface area (Å²) in [5.41, 5.74) is -1.33. The van der Waals surface area contributed by atoms with Gasteiger partial charge in [-0.15, -0.1) is 0 Å². The van der Waals surface area contributed by atoms with Crippen LogP contribution in [0.5, 0.6) is 0 Å². The van der Waals surface area contributed by atoms with Gasteiger partial charge in [0, 0.05) is 24.7 Å². The van der Waals surface area contributed by atoms with Crippen molar-refractivity contribution in [2.45, 2.75) is 12.6 Å². The van der Waals surface area contributed by atoms with Crippen molar-refractivity contribution in [3.8, 4) is 0 Å². The molecule has 0 bridgehead atoms. The highest BCUT2D eigenvalue weighted by atomic mass is 19.4. The Labute approximate surface area is 150 Å². The number of anilines is 2. The fourth-order valence-corrected chi connectivity index (χ4v) is 2.86. The second-order valence-corrected chi connectivity index (χ2v) is 6.04. The molecule has 0 saturated carbocycles. The lowest BCUT2D eigenvalue weighted by molar-refractivity contribution is -0.137. The van der Waals surface area contributed by atoms with Crippen LogP contribution in [-0.2, 0) is 15.8 Å². The zero-order valence-electron chi connectivity index (χ0n) is 13.7. The van der Waals surface area contributed by atoms with E-state index >= 15 is 0 Å². The van der Waals surface area contributed by atoms with Crippen LogP contribution in [0.3, 0.4) is 0 Å². The van der Waals surface area contributed by atoms with Crippen molar-refractivity contribution >= 4 is 23.2 Å². The molecular formula is C18H13F5N2O2. The van der Waals surface area contributed by atoms with Crippen LogP contribution >= 0.6 is 0 Å². The van der Waals surface area contributed by atoms with E-state index in [1.165, 1.54) is 18.2 Å². The fourth-order valence-electron chi connectivity index (χ4n) is 2.86. The van der Waals surface area contributed by atoms with Crippen molar-refractivity contribution in [2.75, 3.05) is 16.8 Å². The van der Waals surface area contributed by atoms with Crippen molar-refractivity contribution in [1.29, 1.82) is 0 Å². The minimum Gasteiger partial charge on any atom is -0.325 e. The average molecular weight is 384 g/mol. The van der Waals surface area contributed by atoms with Gasteiger partial charge < -0.3 is 10.2 Å². The number of hydrogen-bond acceptors (Lipinski definition) is 2. The summed E-state index contributed by atoms with van der Waals surface area (Å²) in [6.45, 7) is -0.149. The number of para-hydroxylation sites is 1. The molecule has 27 heavy (non-hydrogen) atoms. The molecule has 2 amide bonds. The van der Waals surface area contributed by atoms with Crippen LogP contribution in [0.1, 0.15) is 12.0 Å². The third-order valence-electron chi connectivity index (χ3n) is 4.20. The maximum atomic E-state index is 13.4.